The summed E-state index contributed by atoms with van der Waals surface area (Å²) in [5.41, 5.74) is 4.21. The minimum Gasteiger partial charge on any atom is -0.497 e. The molecule has 0 atom stereocenters. The van der Waals surface area contributed by atoms with Gasteiger partial charge in [0.05, 0.1) is 30.0 Å². The number of halogens is 2. The number of methoxy groups -OCH3 is 2. The quantitative estimate of drug-likeness (QED) is 0.179. The number of nitriles is 1. The van der Waals surface area contributed by atoms with Crippen LogP contribution >= 0.6 is 35.0 Å². The number of hydrogen-bond donors (Lipinski definition) is 0. The molecule has 0 aliphatic heterocycles. The molecule has 0 saturated heterocycles. The van der Waals surface area contributed by atoms with E-state index in [0.29, 0.717) is 26.2 Å². The van der Waals surface area contributed by atoms with E-state index in [-0.39, 0.29) is 11.5 Å². The molecule has 8 heteroatoms. The highest BCUT2D eigenvalue weighted by molar-refractivity contribution is 7.99. The van der Waals surface area contributed by atoms with Crippen LogP contribution in [0.4, 0.5) is 0 Å². The van der Waals surface area contributed by atoms with Crippen LogP contribution in [-0.4, -0.2) is 25.8 Å². The van der Waals surface area contributed by atoms with E-state index in [1.807, 2.05) is 54.6 Å². The van der Waals surface area contributed by atoms with Gasteiger partial charge in [0.2, 0.25) is 5.69 Å². The van der Waals surface area contributed by atoms with Crippen molar-refractivity contribution in [3.05, 3.63) is 94.0 Å². The van der Waals surface area contributed by atoms with Gasteiger partial charge in [0.1, 0.15) is 23.1 Å². The first kappa shape index (κ1) is 25.6. The molecule has 5 nitrogen and oxygen atoms in total. The van der Waals surface area contributed by atoms with Gasteiger partial charge < -0.3 is 9.47 Å². The number of nitrogens with one attached hydrogen (secondary N) is 1. The molecular formula is C28H21Cl2N2O3S+. The molecule has 0 unspecified atom stereocenters. The van der Waals surface area contributed by atoms with Gasteiger partial charge >= 0.3 is 0 Å². The molecule has 180 valence electrons. The molecule has 0 spiro atoms. The highest BCUT2D eigenvalue weighted by Crippen LogP contribution is 2.33. The monoisotopic (exact) mass is 535 g/mol. The van der Waals surface area contributed by atoms with Crippen LogP contribution in [0.2, 0.25) is 10.0 Å². The number of Topliss-reactive ketones (excluding diaryl/α,β-unsaturated/α-hetero) is 1. The number of aromatic nitrogens is 1. The van der Waals surface area contributed by atoms with Crippen LogP contribution in [0.1, 0.15) is 15.9 Å². The van der Waals surface area contributed by atoms with Crippen LogP contribution in [0.5, 0.6) is 11.5 Å². The van der Waals surface area contributed by atoms with Crippen molar-refractivity contribution in [2.45, 2.75) is 5.03 Å². The molecule has 0 bridgehead atoms. The van der Waals surface area contributed by atoms with E-state index in [0.717, 1.165) is 33.9 Å². The predicted molar refractivity (Wildman–Crippen MR) is 143 cm³/mol. The number of carbonyl (C=O) groups excluding carboxylic acids is 1. The molecule has 0 radical (unpaired) electrons. The summed E-state index contributed by atoms with van der Waals surface area (Å²) in [4.78, 5) is 16.2. The smallest absolute Gasteiger partial charge is 0.257 e. The van der Waals surface area contributed by atoms with E-state index in [1.165, 1.54) is 11.8 Å². The molecule has 4 rings (SSSR count). The lowest BCUT2D eigenvalue weighted by molar-refractivity contribution is -0.414. The van der Waals surface area contributed by atoms with E-state index >= 15 is 0 Å². The zero-order valence-corrected chi connectivity index (χ0v) is 21.8. The second kappa shape index (κ2) is 11.5. The van der Waals surface area contributed by atoms with Crippen molar-refractivity contribution in [2.24, 2.45) is 0 Å². The maximum absolute atomic E-state index is 12.9. The Hall–Kier alpha value is -3.50. The fourth-order valence-electron chi connectivity index (χ4n) is 3.59. The normalized spacial score (nSPS) is 10.5. The van der Waals surface area contributed by atoms with Gasteiger partial charge in [-0.25, -0.2) is 0 Å². The Morgan fingerprint density at radius 3 is 2.06 bits per heavy atom. The molecular weight excluding hydrogens is 515 g/mol. The second-order valence-electron chi connectivity index (χ2n) is 7.71. The zero-order valence-electron chi connectivity index (χ0n) is 19.5. The lowest BCUT2D eigenvalue weighted by atomic mass is 9.99. The van der Waals surface area contributed by atoms with E-state index in [1.54, 1.807) is 32.4 Å². The van der Waals surface area contributed by atoms with Crippen molar-refractivity contribution < 1.29 is 19.3 Å². The number of thioether (sulfide) groups is 1. The van der Waals surface area contributed by atoms with Crippen molar-refractivity contribution >= 4 is 40.7 Å². The first-order valence-electron chi connectivity index (χ1n) is 10.8. The summed E-state index contributed by atoms with van der Waals surface area (Å²) in [6.07, 6.45) is 0. The third-order valence-corrected chi connectivity index (χ3v) is 7.28. The number of nitrogens with zero attached hydrogens (tertiary/aromatic N) is 1. The predicted octanol–water partition coefficient (Wildman–Crippen LogP) is 7.01. The number of hydrogen-bond acceptors (Lipinski definition) is 5. The van der Waals surface area contributed by atoms with Crippen molar-refractivity contribution in [1.29, 1.82) is 5.26 Å². The van der Waals surface area contributed by atoms with Crippen molar-refractivity contribution in [3.63, 3.8) is 0 Å². The first-order chi connectivity index (χ1) is 17.4. The molecule has 1 aromatic heterocycles. The fourth-order valence-corrected chi connectivity index (χ4v) is 4.82. The number of rotatable bonds is 8. The zero-order chi connectivity index (χ0) is 25.7. The van der Waals surface area contributed by atoms with Gasteiger partial charge in [0.25, 0.3) is 5.03 Å². The number of ether oxygens (including phenoxy) is 2. The van der Waals surface area contributed by atoms with Crippen LogP contribution in [0.15, 0.2) is 77.8 Å². The fraction of sp³-hybridized carbons (Fsp3) is 0.107. The van der Waals surface area contributed by atoms with Gasteiger partial charge in [-0.3, -0.25) is 4.79 Å². The van der Waals surface area contributed by atoms with Crippen LogP contribution in [-0.2, 0) is 0 Å². The van der Waals surface area contributed by atoms with Crippen molar-refractivity contribution in [2.75, 3.05) is 20.0 Å². The van der Waals surface area contributed by atoms with E-state index < -0.39 is 0 Å². The molecule has 1 heterocycles. The summed E-state index contributed by atoms with van der Waals surface area (Å²) in [5, 5.41) is 11.4. The Morgan fingerprint density at radius 1 is 0.889 bits per heavy atom. The Balaban J connectivity index is 1.75. The molecule has 0 saturated carbocycles. The van der Waals surface area contributed by atoms with Crippen LogP contribution in [0.3, 0.4) is 0 Å². The van der Waals surface area contributed by atoms with E-state index in [2.05, 4.69) is 11.1 Å². The Bertz CT molecular complexity index is 1450. The standard InChI is InChI=1S/C28H20Cl2N2O3S/c1-34-20-8-3-17(4-9-20)22-14-26(18-5-10-21(35-2)11-6-18)32-28(23(22)15-31)36-16-27(33)19-7-12-24(29)25(30)13-19/h3-14H,16H2,1-2H3/p+1. The number of aromatic amines is 1. The molecule has 3 aromatic carbocycles. The average Bonchev–Trinajstić information content (AvgIpc) is 2.92. The van der Waals surface area contributed by atoms with Crippen molar-refractivity contribution in [1.82, 2.24) is 0 Å². The summed E-state index contributed by atoms with van der Waals surface area (Å²) in [6, 6.07) is 24.2. The Kier molecular flexibility index (Phi) is 8.17. The minimum absolute atomic E-state index is 0.108. The van der Waals surface area contributed by atoms with Crippen LogP contribution in [0.25, 0.3) is 22.4 Å². The summed E-state index contributed by atoms with van der Waals surface area (Å²) < 4.78 is 10.6. The lowest BCUT2D eigenvalue weighted by Crippen LogP contribution is -2.15. The number of ketones is 1. The molecule has 4 aromatic rings. The first-order valence-corrected chi connectivity index (χ1v) is 12.6. The highest BCUT2D eigenvalue weighted by atomic mass is 35.5. The van der Waals surface area contributed by atoms with Gasteiger partial charge in [-0.1, -0.05) is 35.3 Å². The van der Waals surface area contributed by atoms with E-state index in [4.69, 9.17) is 32.7 Å². The summed E-state index contributed by atoms with van der Waals surface area (Å²) in [7, 11) is 3.22. The van der Waals surface area contributed by atoms with Gasteiger partial charge in [0, 0.05) is 22.8 Å². The summed E-state index contributed by atoms with van der Waals surface area (Å²) >= 11 is 13.3. The maximum Gasteiger partial charge on any atom is 0.257 e. The second-order valence-corrected chi connectivity index (χ2v) is 9.51. The lowest BCUT2D eigenvalue weighted by Gasteiger charge is -2.09. The van der Waals surface area contributed by atoms with Gasteiger partial charge in [-0.2, -0.15) is 10.2 Å². The third kappa shape index (κ3) is 5.66. The van der Waals surface area contributed by atoms with Gasteiger partial charge in [-0.15, -0.1) is 0 Å². The Morgan fingerprint density at radius 2 is 1.50 bits per heavy atom. The summed E-state index contributed by atoms with van der Waals surface area (Å²) in [5.74, 6) is 1.44. The van der Waals surface area contributed by atoms with Crippen LogP contribution in [0, 0.1) is 11.3 Å². The number of benzene rings is 3. The molecule has 0 aliphatic rings. The largest absolute Gasteiger partial charge is 0.497 e. The molecule has 36 heavy (non-hydrogen) atoms. The molecule has 0 amide bonds. The van der Waals surface area contributed by atoms with Gasteiger partial charge in [0.15, 0.2) is 5.78 Å². The van der Waals surface area contributed by atoms with Crippen molar-refractivity contribution in [3.8, 4) is 40.0 Å². The maximum atomic E-state index is 12.9. The Labute approximate surface area is 223 Å². The highest BCUT2D eigenvalue weighted by Gasteiger charge is 2.23. The van der Waals surface area contributed by atoms with E-state index in [9.17, 15) is 10.1 Å². The molecule has 0 aliphatic carbocycles. The molecule has 1 N–H and O–H groups in total. The van der Waals surface area contributed by atoms with Crippen LogP contribution < -0.4 is 14.5 Å². The minimum atomic E-state index is -0.128. The number of H-pyrrole nitrogens is 1. The average molecular weight is 536 g/mol. The third-order valence-electron chi connectivity index (χ3n) is 5.54. The number of pyridine rings is 1. The number of carbonyl (C=O) groups is 1. The SMILES string of the molecule is COc1ccc(-c2cc(-c3ccc(OC)cc3)c(C#N)c(SCC(=O)c3ccc(Cl)c(Cl)c3)[nH+]2)cc1. The summed E-state index contributed by atoms with van der Waals surface area (Å²) in [6.45, 7) is 0. The van der Waals surface area contributed by atoms with Gasteiger partial charge in [-0.05, 0) is 71.9 Å². The topological polar surface area (TPSA) is 73.5 Å². The molecule has 0 fully saturated rings.